The SMILES string of the molecule is CCOC(=O)Cc1csc(CNC(=O)C(C)(C)COC)n1. The molecule has 1 heterocycles. The minimum absolute atomic E-state index is 0.0912. The van der Waals surface area contributed by atoms with E-state index in [9.17, 15) is 9.59 Å². The van der Waals surface area contributed by atoms with Gasteiger partial charge in [0.2, 0.25) is 5.91 Å². The van der Waals surface area contributed by atoms with Gasteiger partial charge in [0.15, 0.2) is 0 Å². The lowest BCUT2D eigenvalue weighted by molar-refractivity contribution is -0.142. The Morgan fingerprint density at radius 3 is 2.76 bits per heavy atom. The molecule has 0 atom stereocenters. The minimum atomic E-state index is -0.584. The van der Waals surface area contributed by atoms with E-state index in [1.807, 2.05) is 13.8 Å². The monoisotopic (exact) mass is 314 g/mol. The molecule has 7 heteroatoms. The van der Waals surface area contributed by atoms with Crippen molar-refractivity contribution in [1.29, 1.82) is 0 Å². The molecular formula is C14H22N2O4S. The smallest absolute Gasteiger partial charge is 0.311 e. The Hall–Kier alpha value is -1.47. The Morgan fingerprint density at radius 2 is 2.14 bits per heavy atom. The summed E-state index contributed by atoms with van der Waals surface area (Å²) in [5, 5.41) is 5.39. The number of methoxy groups -OCH3 is 1. The number of hydrogen-bond donors (Lipinski definition) is 1. The first kappa shape index (κ1) is 17.6. The highest BCUT2D eigenvalue weighted by Crippen LogP contribution is 2.16. The maximum atomic E-state index is 12.0. The van der Waals surface area contributed by atoms with E-state index in [0.717, 1.165) is 5.01 Å². The quantitative estimate of drug-likeness (QED) is 0.736. The lowest BCUT2D eigenvalue weighted by atomic mass is 9.94. The third-order valence-corrected chi connectivity index (χ3v) is 3.65. The largest absolute Gasteiger partial charge is 0.466 e. The van der Waals surface area contributed by atoms with Gasteiger partial charge in [-0.2, -0.15) is 0 Å². The Bertz CT molecular complexity index is 485. The predicted octanol–water partition coefficient (Wildman–Crippen LogP) is 1.54. The zero-order valence-electron chi connectivity index (χ0n) is 12.9. The van der Waals surface area contributed by atoms with Crippen molar-refractivity contribution in [1.82, 2.24) is 10.3 Å². The summed E-state index contributed by atoms with van der Waals surface area (Å²) >= 11 is 1.41. The number of thiazole rings is 1. The average Bonchev–Trinajstić information content (AvgIpc) is 2.83. The number of nitrogens with one attached hydrogen (secondary N) is 1. The van der Waals surface area contributed by atoms with Gasteiger partial charge in [-0.1, -0.05) is 0 Å². The molecule has 0 bridgehead atoms. The minimum Gasteiger partial charge on any atom is -0.466 e. The van der Waals surface area contributed by atoms with Gasteiger partial charge < -0.3 is 14.8 Å². The van der Waals surface area contributed by atoms with E-state index >= 15 is 0 Å². The normalized spacial score (nSPS) is 11.2. The molecule has 0 unspecified atom stereocenters. The summed E-state index contributed by atoms with van der Waals surface area (Å²) < 4.78 is 9.89. The van der Waals surface area contributed by atoms with Crippen molar-refractivity contribution in [3.05, 3.63) is 16.1 Å². The maximum absolute atomic E-state index is 12.0. The number of nitrogens with zero attached hydrogens (tertiary/aromatic N) is 1. The van der Waals surface area contributed by atoms with Gasteiger partial charge >= 0.3 is 5.97 Å². The highest BCUT2D eigenvalue weighted by atomic mass is 32.1. The second-order valence-corrected chi connectivity index (χ2v) is 6.16. The zero-order valence-corrected chi connectivity index (χ0v) is 13.7. The standard InChI is InChI=1S/C14H22N2O4S/c1-5-20-12(17)6-10-8-21-11(16-10)7-15-13(18)14(2,3)9-19-4/h8H,5-7,9H2,1-4H3,(H,15,18). The molecule has 0 saturated carbocycles. The number of carbonyl (C=O) groups is 2. The highest BCUT2D eigenvalue weighted by Gasteiger charge is 2.27. The van der Waals surface area contributed by atoms with Crippen LogP contribution in [-0.2, 0) is 32.0 Å². The molecule has 1 N–H and O–H groups in total. The first-order chi connectivity index (χ1) is 9.89. The van der Waals surface area contributed by atoms with Crippen LogP contribution in [-0.4, -0.2) is 37.2 Å². The fourth-order valence-electron chi connectivity index (χ4n) is 1.69. The van der Waals surface area contributed by atoms with Crippen LogP contribution in [0.1, 0.15) is 31.5 Å². The Balaban J connectivity index is 2.48. The Morgan fingerprint density at radius 1 is 1.43 bits per heavy atom. The van der Waals surface area contributed by atoms with E-state index in [1.165, 1.54) is 11.3 Å². The molecule has 0 aliphatic rings. The van der Waals surface area contributed by atoms with Crippen molar-refractivity contribution in [2.75, 3.05) is 20.3 Å². The van der Waals surface area contributed by atoms with Crippen molar-refractivity contribution in [2.45, 2.75) is 33.7 Å². The third kappa shape index (κ3) is 5.81. The Labute approximate surface area is 128 Å². The summed E-state index contributed by atoms with van der Waals surface area (Å²) in [5.74, 6) is -0.383. The summed E-state index contributed by atoms with van der Waals surface area (Å²) in [4.78, 5) is 27.7. The number of esters is 1. The number of rotatable bonds is 8. The molecule has 0 radical (unpaired) electrons. The summed E-state index contributed by atoms with van der Waals surface area (Å²) in [5.41, 5.74) is 0.0820. The zero-order chi connectivity index (χ0) is 15.9. The average molecular weight is 314 g/mol. The fraction of sp³-hybridized carbons (Fsp3) is 0.643. The van der Waals surface area contributed by atoms with E-state index < -0.39 is 5.41 Å². The van der Waals surface area contributed by atoms with Crippen LogP contribution in [0.4, 0.5) is 0 Å². The molecule has 1 aromatic rings. The van der Waals surface area contributed by atoms with E-state index in [0.29, 0.717) is 25.5 Å². The molecule has 0 aliphatic carbocycles. The Kier molecular flexibility index (Phi) is 6.77. The van der Waals surface area contributed by atoms with Gasteiger partial charge in [-0.15, -0.1) is 11.3 Å². The van der Waals surface area contributed by atoms with Crippen LogP contribution >= 0.6 is 11.3 Å². The molecule has 1 rings (SSSR count). The van der Waals surface area contributed by atoms with Gasteiger partial charge in [-0.3, -0.25) is 9.59 Å². The van der Waals surface area contributed by atoms with Gasteiger partial charge in [0.25, 0.3) is 0 Å². The first-order valence-corrected chi connectivity index (χ1v) is 7.63. The molecule has 1 aromatic heterocycles. The van der Waals surface area contributed by atoms with E-state index in [4.69, 9.17) is 9.47 Å². The second-order valence-electron chi connectivity index (χ2n) is 5.21. The molecule has 1 amide bonds. The summed E-state index contributed by atoms with van der Waals surface area (Å²) in [6, 6.07) is 0. The summed E-state index contributed by atoms with van der Waals surface area (Å²) in [6.07, 6.45) is 0.160. The van der Waals surface area contributed by atoms with Crippen LogP contribution in [0.2, 0.25) is 0 Å². The van der Waals surface area contributed by atoms with Gasteiger partial charge in [0.1, 0.15) is 5.01 Å². The molecule has 0 aliphatic heterocycles. The van der Waals surface area contributed by atoms with Crippen LogP contribution < -0.4 is 5.32 Å². The lowest BCUT2D eigenvalue weighted by Crippen LogP contribution is -2.39. The molecule has 118 valence electrons. The maximum Gasteiger partial charge on any atom is 0.311 e. The van der Waals surface area contributed by atoms with Crippen LogP contribution in [0.5, 0.6) is 0 Å². The van der Waals surface area contributed by atoms with Gasteiger partial charge in [-0.05, 0) is 20.8 Å². The molecule has 21 heavy (non-hydrogen) atoms. The molecule has 6 nitrogen and oxygen atoms in total. The molecule has 0 aromatic carbocycles. The summed E-state index contributed by atoms with van der Waals surface area (Å²) in [6.45, 7) is 6.46. The van der Waals surface area contributed by atoms with E-state index in [1.54, 1.807) is 19.4 Å². The third-order valence-electron chi connectivity index (χ3n) is 2.75. The highest BCUT2D eigenvalue weighted by molar-refractivity contribution is 7.09. The van der Waals surface area contributed by atoms with Crippen molar-refractivity contribution in [3.8, 4) is 0 Å². The van der Waals surface area contributed by atoms with Crippen molar-refractivity contribution < 1.29 is 19.1 Å². The molecular weight excluding hydrogens is 292 g/mol. The number of amides is 1. The van der Waals surface area contributed by atoms with Crippen molar-refractivity contribution >= 4 is 23.2 Å². The predicted molar refractivity (Wildman–Crippen MR) is 80.0 cm³/mol. The number of ether oxygens (including phenoxy) is 2. The van der Waals surface area contributed by atoms with Crippen molar-refractivity contribution in [3.63, 3.8) is 0 Å². The van der Waals surface area contributed by atoms with Gasteiger partial charge in [0, 0.05) is 12.5 Å². The number of aromatic nitrogens is 1. The van der Waals surface area contributed by atoms with Crippen molar-refractivity contribution in [2.24, 2.45) is 5.41 Å². The first-order valence-electron chi connectivity index (χ1n) is 6.75. The lowest BCUT2D eigenvalue weighted by Gasteiger charge is -2.21. The topological polar surface area (TPSA) is 77.5 Å². The number of hydrogen-bond acceptors (Lipinski definition) is 6. The molecule has 0 spiro atoms. The number of carbonyl (C=O) groups excluding carboxylic acids is 2. The fourth-order valence-corrected chi connectivity index (χ4v) is 2.43. The van der Waals surface area contributed by atoms with Crippen LogP contribution in [0, 0.1) is 5.41 Å². The molecule has 0 fully saturated rings. The summed E-state index contributed by atoms with van der Waals surface area (Å²) in [7, 11) is 1.57. The van der Waals surface area contributed by atoms with Crippen LogP contribution in [0.15, 0.2) is 5.38 Å². The van der Waals surface area contributed by atoms with Crippen LogP contribution in [0.25, 0.3) is 0 Å². The van der Waals surface area contributed by atoms with Crippen LogP contribution in [0.3, 0.4) is 0 Å². The van der Waals surface area contributed by atoms with Gasteiger partial charge in [0.05, 0.1) is 37.3 Å². The van der Waals surface area contributed by atoms with Gasteiger partial charge in [-0.25, -0.2) is 4.98 Å². The second kappa shape index (κ2) is 8.09. The van der Waals surface area contributed by atoms with E-state index in [-0.39, 0.29) is 18.3 Å². The molecule has 0 saturated heterocycles. The van der Waals surface area contributed by atoms with E-state index in [2.05, 4.69) is 10.3 Å².